The van der Waals surface area contributed by atoms with Crippen molar-refractivity contribution in [2.75, 3.05) is 0 Å². The third kappa shape index (κ3) is 37.3. The fourth-order valence-corrected chi connectivity index (χ4v) is 0.596. The molecule has 0 aromatic rings. The van der Waals surface area contributed by atoms with Crippen molar-refractivity contribution in [1.29, 1.82) is 0 Å². The minimum Gasteiger partial charge on any atom is -0.658 e. The molecular weight excluding hydrogens is 136 g/mol. The van der Waals surface area contributed by atoms with Crippen LogP contribution in [0.15, 0.2) is 0 Å². The molecule has 0 aliphatic rings. The SMILES string of the molecule is CC(C)[N-]C(C)C.O[B]O.[Li+]. The molecule has 0 saturated heterocycles. The van der Waals surface area contributed by atoms with Gasteiger partial charge < -0.3 is 15.4 Å². The van der Waals surface area contributed by atoms with Crippen LogP contribution in [0, 0.1) is 0 Å². The van der Waals surface area contributed by atoms with Crippen molar-refractivity contribution in [3.63, 3.8) is 0 Å². The van der Waals surface area contributed by atoms with Gasteiger partial charge in [0.25, 0.3) is 0 Å². The summed E-state index contributed by atoms with van der Waals surface area (Å²) < 4.78 is 0. The monoisotopic (exact) mass is 152 g/mol. The molecular formula is C6H16BLiNO2. The van der Waals surface area contributed by atoms with Crippen LogP contribution in [0.25, 0.3) is 5.32 Å². The quantitative estimate of drug-likeness (QED) is 0.436. The third-order valence-electron chi connectivity index (χ3n) is 0.596. The van der Waals surface area contributed by atoms with E-state index >= 15 is 0 Å². The van der Waals surface area contributed by atoms with Crippen LogP contribution >= 0.6 is 0 Å². The van der Waals surface area contributed by atoms with Crippen molar-refractivity contribution in [3.05, 3.63) is 5.32 Å². The van der Waals surface area contributed by atoms with Crippen LogP contribution in [0.5, 0.6) is 0 Å². The Hall–Kier alpha value is 0.542. The van der Waals surface area contributed by atoms with E-state index in [-0.39, 0.29) is 26.5 Å². The Kier molecular flexibility index (Phi) is 21.0. The summed E-state index contributed by atoms with van der Waals surface area (Å²) in [5, 5.41) is 18.3. The topological polar surface area (TPSA) is 54.6 Å². The molecule has 0 aromatic carbocycles. The predicted molar refractivity (Wildman–Crippen MR) is 43.8 cm³/mol. The van der Waals surface area contributed by atoms with Gasteiger partial charge in [0.1, 0.15) is 0 Å². The molecule has 0 heterocycles. The molecule has 0 rings (SSSR count). The summed E-state index contributed by atoms with van der Waals surface area (Å²) in [7, 11) is 0. The number of hydrogen-bond acceptors (Lipinski definition) is 2. The first-order chi connectivity index (χ1) is 4.54. The first-order valence-corrected chi connectivity index (χ1v) is 3.34. The first-order valence-electron chi connectivity index (χ1n) is 3.34. The summed E-state index contributed by atoms with van der Waals surface area (Å²) in [5.41, 5.74) is 0. The Morgan fingerprint density at radius 2 is 1.18 bits per heavy atom. The van der Waals surface area contributed by atoms with Gasteiger partial charge in [-0.15, -0.1) is 12.1 Å². The van der Waals surface area contributed by atoms with Gasteiger partial charge in [-0.25, -0.2) is 0 Å². The zero-order valence-corrected chi connectivity index (χ0v) is 8.07. The second-order valence-corrected chi connectivity index (χ2v) is 2.45. The fraction of sp³-hybridized carbons (Fsp3) is 1.00. The Labute approximate surface area is 82.1 Å². The van der Waals surface area contributed by atoms with Crippen molar-refractivity contribution in [3.8, 4) is 0 Å². The average molecular weight is 152 g/mol. The van der Waals surface area contributed by atoms with Crippen molar-refractivity contribution < 1.29 is 28.9 Å². The zero-order chi connectivity index (χ0) is 8.57. The predicted octanol–water partition coefficient (Wildman–Crippen LogP) is -2.31. The molecule has 0 unspecified atom stereocenters. The van der Waals surface area contributed by atoms with Gasteiger partial charge in [0.15, 0.2) is 0 Å². The van der Waals surface area contributed by atoms with Crippen LogP contribution < -0.4 is 18.9 Å². The summed E-state index contributed by atoms with van der Waals surface area (Å²) in [6.07, 6.45) is 0. The maximum absolute atomic E-state index is 7.00. The molecule has 1 radical (unpaired) electrons. The van der Waals surface area contributed by atoms with Crippen molar-refractivity contribution in [1.82, 2.24) is 0 Å². The normalized spacial score (nSPS) is 8.36. The Bertz CT molecular complexity index is 58.5. The third-order valence-corrected chi connectivity index (χ3v) is 0.596. The van der Waals surface area contributed by atoms with Gasteiger partial charge >= 0.3 is 26.5 Å². The molecule has 11 heavy (non-hydrogen) atoms. The van der Waals surface area contributed by atoms with Crippen molar-refractivity contribution in [2.45, 2.75) is 39.8 Å². The van der Waals surface area contributed by atoms with E-state index in [1.807, 2.05) is 0 Å². The summed E-state index contributed by atoms with van der Waals surface area (Å²) in [6.45, 7) is 8.39. The molecule has 0 spiro atoms. The minimum atomic E-state index is 0. The summed E-state index contributed by atoms with van der Waals surface area (Å²) in [6, 6.07) is 1.000. The Balaban J connectivity index is -0.000000140. The van der Waals surface area contributed by atoms with Crippen LogP contribution in [-0.4, -0.2) is 29.8 Å². The van der Waals surface area contributed by atoms with Crippen LogP contribution in [0.3, 0.4) is 0 Å². The Morgan fingerprint density at radius 3 is 1.18 bits per heavy atom. The van der Waals surface area contributed by atoms with E-state index in [1.54, 1.807) is 0 Å². The molecule has 0 amide bonds. The van der Waals surface area contributed by atoms with Crippen LogP contribution in [0.1, 0.15) is 27.7 Å². The van der Waals surface area contributed by atoms with Crippen LogP contribution in [0.4, 0.5) is 0 Å². The number of hydrogen-bond donors (Lipinski definition) is 2. The van der Waals surface area contributed by atoms with E-state index in [4.69, 9.17) is 10.0 Å². The van der Waals surface area contributed by atoms with E-state index in [9.17, 15) is 0 Å². The summed E-state index contributed by atoms with van der Waals surface area (Å²) in [5.74, 6) is 0. The second-order valence-electron chi connectivity index (χ2n) is 2.45. The summed E-state index contributed by atoms with van der Waals surface area (Å²) in [4.78, 5) is 0. The largest absolute Gasteiger partial charge is 1.00 e. The summed E-state index contributed by atoms with van der Waals surface area (Å²) >= 11 is 0. The fourth-order valence-electron chi connectivity index (χ4n) is 0.596. The van der Waals surface area contributed by atoms with E-state index in [1.165, 1.54) is 0 Å². The second kappa shape index (κ2) is 13.2. The maximum Gasteiger partial charge on any atom is 1.00 e. The molecule has 3 nitrogen and oxygen atoms in total. The van der Waals surface area contributed by atoms with Gasteiger partial charge in [0.2, 0.25) is 0 Å². The first kappa shape index (κ1) is 17.6. The molecule has 0 aromatic heterocycles. The van der Waals surface area contributed by atoms with Crippen LogP contribution in [0.2, 0.25) is 0 Å². The Morgan fingerprint density at radius 1 is 1.00 bits per heavy atom. The smallest absolute Gasteiger partial charge is 0.658 e. The molecule has 5 heteroatoms. The molecule has 0 aliphatic heterocycles. The van der Waals surface area contributed by atoms with E-state index in [0.717, 1.165) is 0 Å². The van der Waals surface area contributed by atoms with E-state index < -0.39 is 0 Å². The number of nitrogens with zero attached hydrogens (tertiary/aromatic N) is 1. The van der Waals surface area contributed by atoms with Gasteiger partial charge in [0, 0.05) is 0 Å². The number of rotatable bonds is 2. The average Bonchev–Trinajstić information content (AvgIpc) is 1.62. The van der Waals surface area contributed by atoms with E-state index in [2.05, 4.69) is 33.0 Å². The molecule has 0 fully saturated rings. The van der Waals surface area contributed by atoms with Crippen molar-refractivity contribution in [2.24, 2.45) is 0 Å². The molecule has 61 valence electrons. The van der Waals surface area contributed by atoms with Gasteiger partial charge in [-0.2, -0.15) is 0 Å². The molecule has 2 N–H and O–H groups in total. The standard InChI is InChI=1S/C6H14N.BH2O2.Li/c1-5(2)7-6(3)4;2-1-3;/h5-6H,1-4H3;2-3H;/q-1;;+1. The van der Waals surface area contributed by atoms with Gasteiger partial charge in [-0.1, -0.05) is 27.7 Å². The maximum atomic E-state index is 7.00. The minimum absolute atomic E-state index is 0. The van der Waals surface area contributed by atoms with Gasteiger partial charge in [0.05, 0.1) is 0 Å². The zero-order valence-electron chi connectivity index (χ0n) is 8.07. The molecule has 0 aliphatic carbocycles. The molecule has 0 saturated carbocycles. The van der Waals surface area contributed by atoms with Crippen molar-refractivity contribution >= 4 is 7.69 Å². The van der Waals surface area contributed by atoms with Gasteiger partial charge in [-0.05, 0) is 0 Å². The van der Waals surface area contributed by atoms with Gasteiger partial charge in [-0.3, -0.25) is 0 Å². The molecule has 0 bridgehead atoms. The van der Waals surface area contributed by atoms with Crippen LogP contribution in [-0.2, 0) is 0 Å². The van der Waals surface area contributed by atoms with E-state index in [0.29, 0.717) is 12.1 Å². The molecule has 0 atom stereocenters.